The third-order valence-electron chi connectivity index (χ3n) is 3.48. The fraction of sp³-hybridized carbons (Fsp3) is 0.250. The van der Waals surface area contributed by atoms with Crippen molar-refractivity contribution >= 4 is 0 Å². The number of hydrazine groups is 1. The molecule has 0 aromatic heterocycles. The summed E-state index contributed by atoms with van der Waals surface area (Å²) in [7, 11) is 0. The molecule has 3 N–H and O–H groups in total. The van der Waals surface area contributed by atoms with Gasteiger partial charge in [0.05, 0.1) is 6.04 Å². The van der Waals surface area contributed by atoms with Crippen molar-refractivity contribution in [3.63, 3.8) is 0 Å². The molecule has 0 saturated heterocycles. The van der Waals surface area contributed by atoms with Gasteiger partial charge in [0.1, 0.15) is 0 Å². The van der Waals surface area contributed by atoms with E-state index in [9.17, 15) is 13.2 Å². The van der Waals surface area contributed by atoms with Gasteiger partial charge in [0.2, 0.25) is 0 Å². The Bertz CT molecular complexity index is 624. The first-order chi connectivity index (χ1) is 9.95. The third kappa shape index (κ3) is 3.09. The number of halogens is 3. The lowest BCUT2D eigenvalue weighted by Crippen LogP contribution is -2.29. The molecule has 0 amide bonds. The molecule has 1 unspecified atom stereocenters. The maximum atomic E-state index is 13.9. The summed E-state index contributed by atoms with van der Waals surface area (Å²) in [6, 6.07) is 8.72. The lowest BCUT2D eigenvalue weighted by atomic mass is 9.95. The predicted molar refractivity (Wildman–Crippen MR) is 76.0 cm³/mol. The molecule has 0 fully saturated rings. The minimum atomic E-state index is -1.49. The molecule has 2 rings (SSSR count). The summed E-state index contributed by atoms with van der Waals surface area (Å²) in [6.45, 7) is 4.12. The molecule has 2 aromatic rings. The Morgan fingerprint density at radius 2 is 1.43 bits per heavy atom. The Morgan fingerprint density at radius 3 is 1.95 bits per heavy atom. The summed E-state index contributed by atoms with van der Waals surface area (Å²) >= 11 is 0. The molecule has 0 bridgehead atoms. The highest BCUT2D eigenvalue weighted by molar-refractivity contribution is 5.35. The van der Waals surface area contributed by atoms with Crippen LogP contribution >= 0.6 is 0 Å². The normalized spacial score (nSPS) is 12.7. The lowest BCUT2D eigenvalue weighted by molar-refractivity contribution is 0.433. The van der Waals surface area contributed by atoms with Gasteiger partial charge >= 0.3 is 0 Å². The summed E-state index contributed by atoms with van der Waals surface area (Å²) in [6.07, 6.45) is 0. The monoisotopic (exact) mass is 294 g/mol. The zero-order valence-corrected chi connectivity index (χ0v) is 11.8. The lowest BCUT2D eigenvalue weighted by Gasteiger charge is -2.18. The number of rotatable bonds is 4. The molecule has 0 heterocycles. The van der Waals surface area contributed by atoms with Crippen LogP contribution in [-0.2, 0) is 0 Å². The van der Waals surface area contributed by atoms with Gasteiger partial charge in [0.15, 0.2) is 17.5 Å². The average Bonchev–Trinajstić information content (AvgIpc) is 2.48. The van der Waals surface area contributed by atoms with Gasteiger partial charge in [-0.05, 0) is 23.1 Å². The summed E-state index contributed by atoms with van der Waals surface area (Å²) in [5.74, 6) is 1.88. The van der Waals surface area contributed by atoms with Crippen LogP contribution in [0.5, 0.6) is 0 Å². The first-order valence-corrected chi connectivity index (χ1v) is 6.65. The molecule has 5 heteroatoms. The van der Waals surface area contributed by atoms with Crippen LogP contribution < -0.4 is 11.3 Å². The zero-order chi connectivity index (χ0) is 15.6. The van der Waals surface area contributed by atoms with E-state index in [4.69, 9.17) is 5.84 Å². The summed E-state index contributed by atoms with van der Waals surface area (Å²) < 4.78 is 40.2. The number of nitrogens with two attached hydrogens (primary N) is 1. The van der Waals surface area contributed by atoms with Crippen LogP contribution in [0, 0.1) is 17.5 Å². The first-order valence-electron chi connectivity index (χ1n) is 6.65. The van der Waals surface area contributed by atoms with E-state index in [1.807, 2.05) is 12.1 Å². The van der Waals surface area contributed by atoms with E-state index in [0.29, 0.717) is 11.5 Å². The summed E-state index contributed by atoms with van der Waals surface area (Å²) in [5.41, 5.74) is 4.21. The molecule has 21 heavy (non-hydrogen) atoms. The van der Waals surface area contributed by atoms with Crippen molar-refractivity contribution in [3.8, 4) is 0 Å². The van der Waals surface area contributed by atoms with Crippen molar-refractivity contribution in [2.45, 2.75) is 25.8 Å². The van der Waals surface area contributed by atoms with Gasteiger partial charge in [-0.25, -0.2) is 18.6 Å². The molecule has 0 aliphatic heterocycles. The fourth-order valence-corrected chi connectivity index (χ4v) is 2.20. The number of hydrogen-bond donors (Lipinski definition) is 2. The molecule has 2 nitrogen and oxygen atoms in total. The largest absolute Gasteiger partial charge is 0.271 e. The van der Waals surface area contributed by atoms with Gasteiger partial charge < -0.3 is 0 Å². The van der Waals surface area contributed by atoms with E-state index in [2.05, 4.69) is 19.3 Å². The highest BCUT2D eigenvalue weighted by atomic mass is 19.2. The molecule has 112 valence electrons. The van der Waals surface area contributed by atoms with Crippen LogP contribution in [0.3, 0.4) is 0 Å². The van der Waals surface area contributed by atoms with E-state index in [1.54, 1.807) is 12.1 Å². The molecule has 1 atom stereocenters. The summed E-state index contributed by atoms with van der Waals surface area (Å²) in [4.78, 5) is 0. The second kappa shape index (κ2) is 6.28. The molecular weight excluding hydrogens is 277 g/mol. The van der Waals surface area contributed by atoms with E-state index >= 15 is 0 Å². The van der Waals surface area contributed by atoms with Gasteiger partial charge in [-0.1, -0.05) is 44.2 Å². The molecule has 0 aliphatic rings. The Kier molecular flexibility index (Phi) is 4.65. The summed E-state index contributed by atoms with van der Waals surface area (Å²) in [5, 5.41) is 0. The second-order valence-corrected chi connectivity index (χ2v) is 5.19. The molecule has 0 saturated carbocycles. The minimum Gasteiger partial charge on any atom is -0.271 e. The topological polar surface area (TPSA) is 38.0 Å². The average molecular weight is 294 g/mol. The molecule has 0 aliphatic carbocycles. The Balaban J connectivity index is 2.42. The zero-order valence-electron chi connectivity index (χ0n) is 11.8. The first kappa shape index (κ1) is 15.5. The molecular formula is C16H17F3N2. The van der Waals surface area contributed by atoms with E-state index in [-0.39, 0.29) is 5.56 Å². The van der Waals surface area contributed by atoms with Gasteiger partial charge in [-0.2, -0.15) is 0 Å². The van der Waals surface area contributed by atoms with Gasteiger partial charge in [0, 0.05) is 5.56 Å². The van der Waals surface area contributed by atoms with Gasteiger partial charge in [0.25, 0.3) is 0 Å². The molecule has 0 radical (unpaired) electrons. The highest BCUT2D eigenvalue weighted by Gasteiger charge is 2.21. The second-order valence-electron chi connectivity index (χ2n) is 5.19. The molecule has 2 aromatic carbocycles. The van der Waals surface area contributed by atoms with Crippen molar-refractivity contribution in [2.75, 3.05) is 0 Å². The SMILES string of the molecule is CC(C)c1ccc(C(NN)c2ccc(F)c(F)c2F)cc1. The standard InChI is InChI=1S/C16H17F3N2/c1-9(2)10-3-5-11(6-4-10)16(21-20)12-7-8-13(17)15(19)14(12)18/h3-9,16,21H,20H2,1-2H3. The van der Waals surface area contributed by atoms with Crippen molar-refractivity contribution < 1.29 is 13.2 Å². The quantitative estimate of drug-likeness (QED) is 0.511. The van der Waals surface area contributed by atoms with Crippen molar-refractivity contribution in [1.82, 2.24) is 5.43 Å². The van der Waals surface area contributed by atoms with E-state index < -0.39 is 23.5 Å². The molecule has 0 spiro atoms. The maximum Gasteiger partial charge on any atom is 0.194 e. The number of nitrogens with one attached hydrogen (secondary N) is 1. The van der Waals surface area contributed by atoms with Crippen LogP contribution in [0.25, 0.3) is 0 Å². The van der Waals surface area contributed by atoms with Gasteiger partial charge in [-0.3, -0.25) is 5.84 Å². The van der Waals surface area contributed by atoms with Crippen molar-refractivity contribution in [3.05, 3.63) is 70.5 Å². The van der Waals surface area contributed by atoms with Crippen LogP contribution in [0.1, 0.15) is 42.5 Å². The van der Waals surface area contributed by atoms with Gasteiger partial charge in [-0.15, -0.1) is 0 Å². The minimum absolute atomic E-state index is 0.0336. The number of hydrogen-bond acceptors (Lipinski definition) is 2. The van der Waals surface area contributed by atoms with Crippen molar-refractivity contribution in [2.24, 2.45) is 5.84 Å². The fourth-order valence-electron chi connectivity index (χ4n) is 2.20. The van der Waals surface area contributed by atoms with E-state index in [0.717, 1.165) is 11.6 Å². The Hall–Kier alpha value is -1.85. The Labute approximate surface area is 121 Å². The van der Waals surface area contributed by atoms with Crippen LogP contribution in [0.2, 0.25) is 0 Å². The van der Waals surface area contributed by atoms with Crippen LogP contribution in [0.15, 0.2) is 36.4 Å². The van der Waals surface area contributed by atoms with Crippen LogP contribution in [0.4, 0.5) is 13.2 Å². The third-order valence-corrected chi connectivity index (χ3v) is 3.48. The van der Waals surface area contributed by atoms with Crippen LogP contribution in [-0.4, -0.2) is 0 Å². The maximum absolute atomic E-state index is 13.9. The Morgan fingerprint density at radius 1 is 0.857 bits per heavy atom. The van der Waals surface area contributed by atoms with Crippen molar-refractivity contribution in [1.29, 1.82) is 0 Å². The number of benzene rings is 2. The smallest absolute Gasteiger partial charge is 0.194 e. The predicted octanol–water partition coefficient (Wildman–Crippen LogP) is 3.78. The highest BCUT2D eigenvalue weighted by Crippen LogP contribution is 2.27. The van der Waals surface area contributed by atoms with E-state index in [1.165, 1.54) is 6.07 Å².